The Kier molecular flexibility index (Phi) is 6.44. The molecular formula is C23H23BrClF2NO3. The van der Waals surface area contributed by atoms with Gasteiger partial charge in [-0.3, -0.25) is 4.90 Å². The van der Waals surface area contributed by atoms with E-state index in [1.54, 1.807) is 0 Å². The van der Waals surface area contributed by atoms with Crippen LogP contribution in [0, 0.1) is 5.82 Å². The van der Waals surface area contributed by atoms with E-state index in [4.69, 9.17) is 21.1 Å². The van der Waals surface area contributed by atoms with Crippen molar-refractivity contribution in [1.29, 1.82) is 0 Å². The number of rotatable bonds is 5. The molecule has 3 atom stereocenters. The van der Waals surface area contributed by atoms with Gasteiger partial charge >= 0.3 is 6.09 Å². The molecule has 31 heavy (non-hydrogen) atoms. The van der Waals surface area contributed by atoms with Gasteiger partial charge in [-0.25, -0.2) is 13.6 Å². The summed E-state index contributed by atoms with van der Waals surface area (Å²) in [5, 5.41) is -0.0307. The summed E-state index contributed by atoms with van der Waals surface area (Å²) < 4.78 is 41.2. The predicted molar refractivity (Wildman–Crippen MR) is 118 cm³/mol. The van der Waals surface area contributed by atoms with Crippen molar-refractivity contribution < 1.29 is 23.0 Å². The van der Waals surface area contributed by atoms with Gasteiger partial charge in [-0.05, 0) is 27.9 Å². The standard InChI is InChI=1S/C23H23BrClF2NO3/c1-2-3-9-30-22(29)28-13-15(26)10-19(28)23(14-7-5-4-6-8-14)12-16-18(31-23)11-17(27)21(25)20(16)24/h4-8,11,15,19H,2-3,9-10,12-13H2,1H3/t15-,19+,23+/m1/s1. The normalized spacial score (nSPS) is 24.7. The Bertz CT molecular complexity index is 977. The minimum atomic E-state index is -1.21. The molecule has 0 spiro atoms. The molecule has 1 fully saturated rings. The molecule has 0 radical (unpaired) electrons. The van der Waals surface area contributed by atoms with Crippen molar-refractivity contribution in [3.63, 3.8) is 0 Å². The van der Waals surface area contributed by atoms with Crippen molar-refractivity contribution in [2.24, 2.45) is 0 Å². The fraction of sp³-hybridized carbons (Fsp3) is 0.435. The van der Waals surface area contributed by atoms with Crippen molar-refractivity contribution in [2.45, 2.75) is 50.4 Å². The number of unbranched alkanes of at least 4 members (excludes halogenated alkanes) is 1. The lowest BCUT2D eigenvalue weighted by atomic mass is 9.81. The maximum absolute atomic E-state index is 14.7. The molecule has 2 aliphatic heterocycles. The van der Waals surface area contributed by atoms with Crippen LogP contribution in [0.15, 0.2) is 40.9 Å². The van der Waals surface area contributed by atoms with Gasteiger partial charge in [-0.1, -0.05) is 55.3 Å². The molecule has 0 aliphatic carbocycles. The van der Waals surface area contributed by atoms with Crippen LogP contribution in [0.2, 0.25) is 5.02 Å². The number of carbonyl (C=O) groups is 1. The van der Waals surface area contributed by atoms with Crippen LogP contribution in [-0.2, 0) is 16.8 Å². The summed E-state index contributed by atoms with van der Waals surface area (Å²) in [7, 11) is 0. The fourth-order valence-electron chi connectivity index (χ4n) is 4.44. The van der Waals surface area contributed by atoms with Crippen molar-refractivity contribution in [3.05, 3.63) is 62.8 Å². The Labute approximate surface area is 193 Å². The third-order valence-corrected chi connectivity index (χ3v) is 7.44. The maximum atomic E-state index is 14.7. The largest absolute Gasteiger partial charge is 0.480 e. The third-order valence-electron chi connectivity index (χ3n) is 5.96. The van der Waals surface area contributed by atoms with E-state index >= 15 is 0 Å². The summed E-state index contributed by atoms with van der Waals surface area (Å²) in [6.45, 7) is 2.21. The summed E-state index contributed by atoms with van der Waals surface area (Å²) in [6.07, 6.45) is 0.259. The highest BCUT2D eigenvalue weighted by molar-refractivity contribution is 9.10. The first kappa shape index (κ1) is 22.3. The zero-order chi connectivity index (χ0) is 22.2. The average Bonchev–Trinajstić information content (AvgIpc) is 3.35. The van der Waals surface area contributed by atoms with E-state index in [2.05, 4.69) is 15.9 Å². The number of hydrogen-bond donors (Lipinski definition) is 0. The van der Waals surface area contributed by atoms with Gasteiger partial charge in [0.15, 0.2) is 5.60 Å². The van der Waals surface area contributed by atoms with Crippen LogP contribution in [0.25, 0.3) is 0 Å². The van der Waals surface area contributed by atoms with Crippen molar-refractivity contribution in [3.8, 4) is 5.75 Å². The maximum Gasteiger partial charge on any atom is 0.410 e. The third kappa shape index (κ3) is 4.02. The van der Waals surface area contributed by atoms with Crippen LogP contribution in [0.1, 0.15) is 37.3 Å². The molecular weight excluding hydrogens is 492 g/mol. The Hall–Kier alpha value is -1.86. The minimum Gasteiger partial charge on any atom is -0.480 e. The van der Waals surface area contributed by atoms with Crippen LogP contribution >= 0.6 is 27.5 Å². The smallest absolute Gasteiger partial charge is 0.410 e. The van der Waals surface area contributed by atoms with Gasteiger partial charge in [0.1, 0.15) is 17.7 Å². The Morgan fingerprint density at radius 1 is 1.39 bits per heavy atom. The zero-order valence-electron chi connectivity index (χ0n) is 17.0. The number of halogens is 4. The van der Waals surface area contributed by atoms with Crippen molar-refractivity contribution in [1.82, 2.24) is 4.90 Å². The number of ether oxygens (including phenoxy) is 2. The molecule has 2 aliphatic rings. The number of likely N-dealkylation sites (tertiary alicyclic amines) is 1. The first-order chi connectivity index (χ1) is 14.9. The van der Waals surface area contributed by atoms with Crippen LogP contribution in [0.4, 0.5) is 13.6 Å². The topological polar surface area (TPSA) is 38.8 Å². The molecule has 2 heterocycles. The highest BCUT2D eigenvalue weighted by Crippen LogP contribution is 2.51. The van der Waals surface area contributed by atoms with Gasteiger partial charge < -0.3 is 9.47 Å². The van der Waals surface area contributed by atoms with Gasteiger partial charge in [0.05, 0.1) is 24.2 Å². The zero-order valence-corrected chi connectivity index (χ0v) is 19.4. The first-order valence-corrected chi connectivity index (χ1v) is 11.5. The van der Waals surface area contributed by atoms with Crippen LogP contribution < -0.4 is 4.74 Å². The number of fused-ring (bicyclic) bond motifs is 1. The predicted octanol–water partition coefficient (Wildman–Crippen LogP) is 6.42. The summed E-state index contributed by atoms with van der Waals surface area (Å²) in [5.41, 5.74) is 0.380. The van der Waals surface area contributed by atoms with E-state index in [1.807, 2.05) is 37.3 Å². The van der Waals surface area contributed by atoms with E-state index in [1.165, 1.54) is 11.0 Å². The number of alkyl halides is 1. The SMILES string of the molecule is CCCCOC(=O)N1C[C@H](F)C[C@H]1[C@@]1(c2ccccc2)Cc2c(cc(F)c(Cl)c2Br)O1. The molecule has 166 valence electrons. The van der Waals surface area contributed by atoms with Gasteiger partial charge in [-0.2, -0.15) is 0 Å². The molecule has 2 aromatic carbocycles. The van der Waals surface area contributed by atoms with Gasteiger partial charge in [0, 0.05) is 28.9 Å². The lowest BCUT2D eigenvalue weighted by Crippen LogP contribution is -2.52. The number of nitrogens with zero attached hydrogens (tertiary/aromatic N) is 1. The summed E-state index contributed by atoms with van der Waals surface area (Å²) in [4.78, 5) is 14.3. The van der Waals surface area contributed by atoms with Crippen molar-refractivity contribution in [2.75, 3.05) is 13.2 Å². The monoisotopic (exact) mass is 513 g/mol. The minimum absolute atomic E-state index is 0.0307. The number of amides is 1. The van der Waals surface area contributed by atoms with E-state index < -0.39 is 29.7 Å². The van der Waals surface area contributed by atoms with Crippen LogP contribution in [0.3, 0.4) is 0 Å². The quantitative estimate of drug-likeness (QED) is 0.341. The number of carbonyl (C=O) groups excluding carboxylic acids is 1. The fourth-order valence-corrected chi connectivity index (χ4v) is 5.13. The van der Waals surface area contributed by atoms with Crippen LogP contribution in [0.5, 0.6) is 5.75 Å². The highest BCUT2D eigenvalue weighted by Gasteiger charge is 2.55. The summed E-state index contributed by atoms with van der Waals surface area (Å²) in [6, 6.07) is 9.97. The lowest BCUT2D eigenvalue weighted by molar-refractivity contribution is -0.000338. The van der Waals surface area contributed by atoms with Crippen molar-refractivity contribution >= 4 is 33.6 Å². The molecule has 1 amide bonds. The molecule has 2 aromatic rings. The molecule has 0 aromatic heterocycles. The Morgan fingerprint density at radius 3 is 2.84 bits per heavy atom. The Morgan fingerprint density at radius 2 is 2.13 bits per heavy atom. The summed E-state index contributed by atoms with van der Waals surface area (Å²) in [5.74, 6) is -0.277. The van der Waals surface area contributed by atoms with Crippen LogP contribution in [-0.4, -0.2) is 36.4 Å². The van der Waals surface area contributed by atoms with Gasteiger partial charge in [0.25, 0.3) is 0 Å². The second kappa shape index (κ2) is 8.94. The second-order valence-electron chi connectivity index (χ2n) is 7.97. The molecule has 1 saturated heterocycles. The highest BCUT2D eigenvalue weighted by atomic mass is 79.9. The second-order valence-corrected chi connectivity index (χ2v) is 9.14. The molecule has 8 heteroatoms. The molecule has 0 bridgehead atoms. The number of benzene rings is 2. The molecule has 4 rings (SSSR count). The molecule has 0 unspecified atom stereocenters. The van der Waals surface area contributed by atoms with E-state index in [0.717, 1.165) is 18.4 Å². The average molecular weight is 515 g/mol. The first-order valence-electron chi connectivity index (χ1n) is 10.4. The molecule has 0 saturated carbocycles. The lowest BCUT2D eigenvalue weighted by Gasteiger charge is -2.39. The van der Waals surface area contributed by atoms with Gasteiger partial charge in [-0.15, -0.1) is 0 Å². The van der Waals surface area contributed by atoms with E-state index in [9.17, 15) is 13.6 Å². The molecule has 0 N–H and O–H groups in total. The van der Waals surface area contributed by atoms with Gasteiger partial charge in [0.2, 0.25) is 0 Å². The number of hydrogen-bond acceptors (Lipinski definition) is 3. The van der Waals surface area contributed by atoms with E-state index in [-0.39, 0.29) is 24.6 Å². The van der Waals surface area contributed by atoms with E-state index in [0.29, 0.717) is 22.2 Å². The Balaban J connectivity index is 1.76. The summed E-state index contributed by atoms with van der Waals surface area (Å²) >= 11 is 9.49. The molecule has 4 nitrogen and oxygen atoms in total.